The van der Waals surface area contributed by atoms with E-state index in [4.69, 9.17) is 35.0 Å². The second-order valence-corrected chi connectivity index (χ2v) is 9.98. The van der Waals surface area contributed by atoms with Gasteiger partial charge in [0.05, 0.1) is 39.4 Å². The molecule has 0 radical (unpaired) electrons. The molecular weight excluding hydrogens is 544 g/mol. The van der Waals surface area contributed by atoms with E-state index < -0.39 is 52.6 Å². The van der Waals surface area contributed by atoms with E-state index in [1.54, 1.807) is 31.2 Å². The maximum Gasteiger partial charge on any atom is 0.306 e. The second-order valence-electron chi connectivity index (χ2n) is 9.61. The molecule has 1 aliphatic heterocycles. The Kier molecular flexibility index (Phi) is 6.83. The molecule has 1 aliphatic carbocycles. The largest absolute Gasteiger partial charge is 0.507 e. The summed E-state index contributed by atoms with van der Waals surface area (Å²) in [6, 6.07) is 7.90. The number of esters is 1. The Hall–Kier alpha value is -4.31. The molecule has 1 spiro atoms. The lowest BCUT2D eigenvalue weighted by atomic mass is 9.69. The van der Waals surface area contributed by atoms with E-state index in [1.807, 2.05) is 0 Å². The predicted molar refractivity (Wildman–Crippen MR) is 143 cm³/mol. The van der Waals surface area contributed by atoms with Crippen molar-refractivity contribution in [2.45, 2.75) is 31.3 Å². The predicted octanol–water partition coefficient (Wildman–Crippen LogP) is 4.55. The zero-order valence-corrected chi connectivity index (χ0v) is 22.8. The van der Waals surface area contributed by atoms with Gasteiger partial charge >= 0.3 is 5.97 Å². The van der Waals surface area contributed by atoms with Crippen LogP contribution in [-0.2, 0) is 14.3 Å². The Morgan fingerprint density at radius 1 is 1.15 bits per heavy atom. The number of aliphatic hydroxyl groups excluding tert-OH is 1. The number of carbonyl (C=O) groups excluding carboxylic acids is 3. The molecule has 1 aromatic heterocycles. The summed E-state index contributed by atoms with van der Waals surface area (Å²) >= 11 is 6.50. The number of rotatable bonds is 6. The highest BCUT2D eigenvalue weighted by Crippen LogP contribution is 2.55. The van der Waals surface area contributed by atoms with E-state index in [1.165, 1.54) is 20.3 Å². The second kappa shape index (κ2) is 10.0. The van der Waals surface area contributed by atoms with Crippen LogP contribution in [0.25, 0.3) is 11.0 Å². The van der Waals surface area contributed by atoms with E-state index in [-0.39, 0.29) is 50.8 Å². The quantitative estimate of drug-likeness (QED) is 0.421. The molecule has 3 unspecified atom stereocenters. The van der Waals surface area contributed by atoms with E-state index in [0.29, 0.717) is 5.58 Å². The summed E-state index contributed by atoms with van der Waals surface area (Å²) in [5.74, 6) is -4.73. The lowest BCUT2D eigenvalue weighted by molar-refractivity contribution is -0.140. The van der Waals surface area contributed by atoms with Gasteiger partial charge in [-0.15, -0.1) is 0 Å². The van der Waals surface area contributed by atoms with Gasteiger partial charge in [-0.1, -0.05) is 30.7 Å². The number of hydrogen-bond donors (Lipinski definition) is 1. The number of fused-ring (bicyclic) bond motifs is 2. The third-order valence-corrected chi connectivity index (χ3v) is 7.90. The first-order valence-corrected chi connectivity index (χ1v) is 12.7. The molecule has 3 aromatic rings. The van der Waals surface area contributed by atoms with Gasteiger partial charge in [-0.2, -0.15) is 0 Å². The molecule has 10 nitrogen and oxygen atoms in total. The number of halogens is 1. The molecule has 0 saturated heterocycles. The molecule has 0 saturated carbocycles. The number of hydrogen-bond acceptors (Lipinski definition) is 10. The fourth-order valence-electron chi connectivity index (χ4n) is 5.49. The number of benzene rings is 2. The van der Waals surface area contributed by atoms with Crippen LogP contribution in [0.2, 0.25) is 5.02 Å². The Balaban J connectivity index is 1.76. The molecular formula is C29H25ClO10. The zero-order chi connectivity index (χ0) is 28.9. The van der Waals surface area contributed by atoms with Crippen LogP contribution in [0.5, 0.6) is 17.2 Å². The first-order valence-electron chi connectivity index (χ1n) is 12.3. The lowest BCUT2D eigenvalue weighted by Crippen LogP contribution is -2.53. The van der Waals surface area contributed by atoms with Crippen LogP contribution in [0.3, 0.4) is 0 Å². The van der Waals surface area contributed by atoms with Crippen molar-refractivity contribution in [1.82, 2.24) is 0 Å². The Morgan fingerprint density at radius 2 is 1.85 bits per heavy atom. The van der Waals surface area contributed by atoms with Crippen LogP contribution in [0, 0.1) is 5.92 Å². The normalized spacial score (nSPS) is 20.9. The van der Waals surface area contributed by atoms with E-state index in [2.05, 4.69) is 0 Å². The van der Waals surface area contributed by atoms with Gasteiger partial charge in [0.1, 0.15) is 27.7 Å². The fraction of sp³-hybridized carbons (Fsp3) is 0.310. The summed E-state index contributed by atoms with van der Waals surface area (Å²) in [5.41, 5.74) is -2.71. The van der Waals surface area contributed by atoms with Crippen molar-refractivity contribution in [3.05, 3.63) is 74.3 Å². The van der Waals surface area contributed by atoms with Crippen molar-refractivity contribution in [1.29, 1.82) is 0 Å². The SMILES string of the molecule is COC(=O)CC(C1=C(O)C2(Oc3c(Cl)c(OC)cc(OC)c3C2=O)C(C)CC1=O)c1coc2ccccc2c1=O. The molecule has 5 rings (SSSR count). The maximum absolute atomic E-state index is 14.1. The average molecular weight is 569 g/mol. The molecule has 0 fully saturated rings. The first-order chi connectivity index (χ1) is 19.1. The number of aliphatic hydroxyl groups is 1. The maximum atomic E-state index is 14.1. The van der Waals surface area contributed by atoms with Crippen molar-refractivity contribution in [2.24, 2.45) is 5.92 Å². The third-order valence-electron chi connectivity index (χ3n) is 7.54. The first kappa shape index (κ1) is 27.3. The van der Waals surface area contributed by atoms with Gasteiger partial charge in [0.15, 0.2) is 22.7 Å². The van der Waals surface area contributed by atoms with Crippen LogP contribution in [0.4, 0.5) is 0 Å². The molecule has 208 valence electrons. The Morgan fingerprint density at radius 3 is 2.52 bits per heavy atom. The smallest absolute Gasteiger partial charge is 0.306 e. The third kappa shape index (κ3) is 3.85. The number of ether oxygens (including phenoxy) is 4. The van der Waals surface area contributed by atoms with Gasteiger partial charge in [-0.25, -0.2) is 0 Å². The summed E-state index contributed by atoms with van der Waals surface area (Å²) in [5, 5.41) is 12.0. The minimum absolute atomic E-state index is 0.0248. The zero-order valence-electron chi connectivity index (χ0n) is 22.0. The molecule has 2 aliphatic rings. The molecule has 0 bridgehead atoms. The highest BCUT2D eigenvalue weighted by Gasteiger charge is 2.61. The number of methoxy groups -OCH3 is 3. The average Bonchev–Trinajstić information content (AvgIpc) is 3.26. The molecule has 3 atom stereocenters. The topological polar surface area (TPSA) is 139 Å². The minimum Gasteiger partial charge on any atom is -0.507 e. The van der Waals surface area contributed by atoms with Crippen molar-refractivity contribution < 1.29 is 42.9 Å². The van der Waals surface area contributed by atoms with E-state index >= 15 is 0 Å². The standard InChI is InChI=1S/C29H25ClO10/c1-13-9-17(31)22(15(10-21(32)38-4)16-12-39-18-8-6-5-7-14(18)25(16)33)27(34)29(13)28(35)23-19(36-2)11-20(37-3)24(30)26(23)40-29/h5-8,11-13,15,34H,9-10H2,1-4H3. The van der Waals surface area contributed by atoms with E-state index in [9.17, 15) is 24.3 Å². The number of Topliss-reactive ketones (excluding diaryl/α,β-unsaturated/α-hetero) is 2. The van der Waals surface area contributed by atoms with E-state index in [0.717, 1.165) is 13.4 Å². The minimum atomic E-state index is -2.08. The monoisotopic (exact) mass is 568 g/mol. The van der Waals surface area contributed by atoms with Gasteiger partial charge in [0.2, 0.25) is 11.4 Å². The van der Waals surface area contributed by atoms with Crippen LogP contribution >= 0.6 is 11.6 Å². The molecule has 1 N–H and O–H groups in total. The van der Waals surface area contributed by atoms with Crippen LogP contribution in [-0.4, -0.2) is 49.6 Å². The molecule has 0 amide bonds. The van der Waals surface area contributed by atoms with Crippen molar-refractivity contribution in [3.8, 4) is 17.2 Å². The number of allylic oxidation sites excluding steroid dienone is 1. The Bertz CT molecular complexity index is 1670. The number of ketones is 2. The molecule has 2 aromatic carbocycles. The number of para-hydroxylation sites is 1. The van der Waals surface area contributed by atoms with Gasteiger partial charge in [-0.3, -0.25) is 19.2 Å². The van der Waals surface area contributed by atoms with Crippen molar-refractivity contribution in [2.75, 3.05) is 21.3 Å². The Labute approximate surface area is 233 Å². The molecule has 11 heteroatoms. The summed E-state index contributed by atoms with van der Waals surface area (Å²) in [6.45, 7) is 1.58. The summed E-state index contributed by atoms with van der Waals surface area (Å²) in [7, 11) is 3.88. The fourth-order valence-corrected chi connectivity index (χ4v) is 5.75. The molecule has 40 heavy (non-hydrogen) atoms. The van der Waals surface area contributed by atoms with Gasteiger partial charge in [0.25, 0.3) is 0 Å². The van der Waals surface area contributed by atoms with Gasteiger partial charge in [0, 0.05) is 35.5 Å². The van der Waals surface area contributed by atoms with Gasteiger partial charge < -0.3 is 28.5 Å². The molecule has 2 heterocycles. The van der Waals surface area contributed by atoms with Crippen LogP contribution in [0.1, 0.15) is 41.6 Å². The highest BCUT2D eigenvalue weighted by atomic mass is 35.5. The van der Waals surface area contributed by atoms with Crippen molar-refractivity contribution in [3.63, 3.8) is 0 Å². The number of carbonyl (C=O) groups is 3. The lowest BCUT2D eigenvalue weighted by Gasteiger charge is -2.38. The highest BCUT2D eigenvalue weighted by molar-refractivity contribution is 6.35. The van der Waals surface area contributed by atoms with Gasteiger partial charge in [-0.05, 0) is 12.1 Å². The summed E-state index contributed by atoms with van der Waals surface area (Å²) in [6.07, 6.45) is 0.411. The van der Waals surface area contributed by atoms with Crippen LogP contribution < -0.4 is 19.6 Å². The summed E-state index contributed by atoms with van der Waals surface area (Å²) in [4.78, 5) is 53.7. The summed E-state index contributed by atoms with van der Waals surface area (Å²) < 4.78 is 27.3. The van der Waals surface area contributed by atoms with Crippen molar-refractivity contribution >= 4 is 40.1 Å². The van der Waals surface area contributed by atoms with Crippen LogP contribution in [0.15, 0.2) is 57.1 Å².